The second-order valence-electron chi connectivity index (χ2n) is 4.84. The Balaban J connectivity index is 1.90. The molecule has 1 amide bonds. The van der Waals surface area contributed by atoms with Crippen LogP contribution >= 0.6 is 0 Å². The van der Waals surface area contributed by atoms with Crippen molar-refractivity contribution >= 4 is 17.8 Å². The average Bonchev–Trinajstić information content (AvgIpc) is 2.95. The largest absolute Gasteiger partial charge is 0.334 e. The minimum Gasteiger partial charge on any atom is -0.334 e. The molecule has 0 bridgehead atoms. The van der Waals surface area contributed by atoms with Gasteiger partial charge in [0.25, 0.3) is 12.2 Å². The number of hydrogen-bond donors (Lipinski definition) is 0. The smallest absolute Gasteiger partial charge is 0.280 e. The molecule has 4 rings (SSSR count). The number of halogens is 2. The Bertz CT molecular complexity index is 753. The Morgan fingerprint density at radius 1 is 1.45 bits per heavy atom. The third-order valence-electron chi connectivity index (χ3n) is 3.72. The molecular formula is C12H9F2N5O. The molecule has 1 saturated carbocycles. The van der Waals surface area contributed by atoms with Gasteiger partial charge in [0.1, 0.15) is 12.0 Å². The van der Waals surface area contributed by atoms with E-state index in [4.69, 9.17) is 0 Å². The molecule has 0 saturated heterocycles. The van der Waals surface area contributed by atoms with Crippen molar-refractivity contribution in [1.82, 2.24) is 24.5 Å². The SMILES string of the molecule is O=CN1CC(c2cc(C(F)F)nc3ncnn23)=C2CC21. The van der Waals surface area contributed by atoms with Gasteiger partial charge in [0, 0.05) is 6.54 Å². The van der Waals surface area contributed by atoms with Gasteiger partial charge in [-0.3, -0.25) is 4.79 Å². The first-order valence-corrected chi connectivity index (χ1v) is 6.11. The van der Waals surface area contributed by atoms with E-state index < -0.39 is 6.43 Å². The van der Waals surface area contributed by atoms with Gasteiger partial charge in [0.2, 0.25) is 6.41 Å². The van der Waals surface area contributed by atoms with E-state index in [9.17, 15) is 13.6 Å². The fourth-order valence-corrected chi connectivity index (χ4v) is 2.70. The summed E-state index contributed by atoms with van der Waals surface area (Å²) in [6, 6.07) is 1.46. The molecule has 1 unspecified atom stereocenters. The van der Waals surface area contributed by atoms with E-state index in [0.29, 0.717) is 12.2 Å². The van der Waals surface area contributed by atoms with E-state index in [-0.39, 0.29) is 17.5 Å². The summed E-state index contributed by atoms with van der Waals surface area (Å²) in [5, 5.41) is 4.02. The molecule has 0 N–H and O–H groups in total. The number of carbonyl (C=O) groups excluding carboxylic acids is 1. The quantitative estimate of drug-likeness (QED) is 0.787. The molecule has 1 aliphatic carbocycles. The van der Waals surface area contributed by atoms with Gasteiger partial charge in [-0.25, -0.2) is 13.8 Å². The lowest BCUT2D eigenvalue weighted by molar-refractivity contribution is -0.117. The number of aromatic nitrogens is 4. The highest BCUT2D eigenvalue weighted by Crippen LogP contribution is 2.46. The van der Waals surface area contributed by atoms with Crippen LogP contribution in [0.4, 0.5) is 8.78 Å². The Labute approximate surface area is 111 Å². The van der Waals surface area contributed by atoms with Gasteiger partial charge in [-0.2, -0.15) is 14.6 Å². The minimum atomic E-state index is -2.67. The highest BCUT2D eigenvalue weighted by atomic mass is 19.3. The monoisotopic (exact) mass is 277 g/mol. The number of rotatable bonds is 3. The van der Waals surface area contributed by atoms with Gasteiger partial charge in [-0.1, -0.05) is 0 Å². The molecule has 2 aromatic heterocycles. The Hall–Kier alpha value is -2.38. The summed E-state index contributed by atoms with van der Waals surface area (Å²) in [6.45, 7) is 0.422. The van der Waals surface area contributed by atoms with Crippen molar-refractivity contribution in [2.75, 3.05) is 6.54 Å². The third kappa shape index (κ3) is 1.47. The van der Waals surface area contributed by atoms with Crippen LogP contribution in [0.15, 0.2) is 18.0 Å². The molecule has 0 aromatic carbocycles. The molecule has 6 nitrogen and oxygen atoms in total. The third-order valence-corrected chi connectivity index (χ3v) is 3.72. The molecule has 3 heterocycles. The molecule has 1 atom stereocenters. The van der Waals surface area contributed by atoms with E-state index in [1.165, 1.54) is 16.9 Å². The van der Waals surface area contributed by atoms with Crippen molar-refractivity contribution in [3.05, 3.63) is 29.4 Å². The van der Waals surface area contributed by atoms with Gasteiger partial charge >= 0.3 is 0 Å². The summed E-state index contributed by atoms with van der Waals surface area (Å²) in [7, 11) is 0. The van der Waals surface area contributed by atoms with E-state index >= 15 is 0 Å². The van der Waals surface area contributed by atoms with Gasteiger partial charge in [-0.15, -0.1) is 0 Å². The Morgan fingerprint density at radius 3 is 3.00 bits per heavy atom. The number of carbonyl (C=O) groups is 1. The molecule has 2 aliphatic rings. The maximum absolute atomic E-state index is 12.9. The van der Waals surface area contributed by atoms with Crippen LogP contribution in [0.2, 0.25) is 0 Å². The van der Waals surface area contributed by atoms with E-state index in [1.54, 1.807) is 4.90 Å². The minimum absolute atomic E-state index is 0.129. The fourth-order valence-electron chi connectivity index (χ4n) is 2.70. The highest BCUT2D eigenvalue weighted by molar-refractivity contribution is 5.80. The molecule has 20 heavy (non-hydrogen) atoms. The number of hydrogen-bond acceptors (Lipinski definition) is 4. The van der Waals surface area contributed by atoms with Crippen LogP contribution in [0, 0.1) is 0 Å². The Morgan fingerprint density at radius 2 is 2.30 bits per heavy atom. The zero-order valence-electron chi connectivity index (χ0n) is 10.2. The number of alkyl halides is 2. The maximum Gasteiger partial charge on any atom is 0.280 e. The normalized spacial score (nSPS) is 20.9. The molecule has 8 heteroatoms. The van der Waals surface area contributed by atoms with Crippen molar-refractivity contribution < 1.29 is 13.6 Å². The summed E-state index contributed by atoms with van der Waals surface area (Å²) < 4.78 is 27.3. The predicted octanol–water partition coefficient (Wildman–Crippen LogP) is 1.06. The molecule has 102 valence electrons. The van der Waals surface area contributed by atoms with Crippen molar-refractivity contribution in [3.63, 3.8) is 0 Å². The lowest BCUT2D eigenvalue weighted by atomic mass is 10.1. The lowest BCUT2D eigenvalue weighted by Gasteiger charge is -2.14. The summed E-state index contributed by atoms with van der Waals surface area (Å²) in [5.74, 6) is 0.146. The molecule has 0 spiro atoms. The first kappa shape index (κ1) is 11.4. The predicted molar refractivity (Wildman–Crippen MR) is 63.8 cm³/mol. The highest BCUT2D eigenvalue weighted by Gasteiger charge is 2.44. The molecule has 0 radical (unpaired) electrons. The molecular weight excluding hydrogens is 268 g/mol. The van der Waals surface area contributed by atoms with E-state index in [0.717, 1.165) is 24.0 Å². The van der Waals surface area contributed by atoms with Gasteiger partial charge in [0.05, 0.1) is 11.7 Å². The topological polar surface area (TPSA) is 63.4 Å². The van der Waals surface area contributed by atoms with Crippen LogP contribution in [-0.2, 0) is 4.79 Å². The van der Waals surface area contributed by atoms with Crippen LogP contribution in [0.5, 0.6) is 0 Å². The van der Waals surface area contributed by atoms with E-state index in [2.05, 4.69) is 15.1 Å². The van der Waals surface area contributed by atoms with Crippen molar-refractivity contribution in [2.24, 2.45) is 0 Å². The maximum atomic E-state index is 12.9. The van der Waals surface area contributed by atoms with Crippen molar-refractivity contribution in [1.29, 1.82) is 0 Å². The first-order valence-electron chi connectivity index (χ1n) is 6.11. The zero-order chi connectivity index (χ0) is 13.9. The second kappa shape index (κ2) is 3.81. The van der Waals surface area contributed by atoms with E-state index in [1.807, 2.05) is 0 Å². The zero-order valence-corrected chi connectivity index (χ0v) is 10.2. The summed E-state index contributed by atoms with van der Waals surface area (Å²) in [6.07, 6.45) is 0.206. The van der Waals surface area contributed by atoms with Gasteiger partial charge in [-0.05, 0) is 23.6 Å². The molecule has 2 aromatic rings. The van der Waals surface area contributed by atoms with Crippen LogP contribution in [0.3, 0.4) is 0 Å². The van der Waals surface area contributed by atoms with Crippen LogP contribution in [0.1, 0.15) is 24.2 Å². The second-order valence-corrected chi connectivity index (χ2v) is 4.84. The summed E-state index contributed by atoms with van der Waals surface area (Å²) in [5.41, 5.74) is 2.21. The van der Waals surface area contributed by atoms with Crippen molar-refractivity contribution in [2.45, 2.75) is 18.9 Å². The number of fused-ring (bicyclic) bond motifs is 2. The van der Waals surface area contributed by atoms with Crippen LogP contribution < -0.4 is 0 Å². The number of nitrogens with zero attached hydrogens (tertiary/aromatic N) is 5. The lowest BCUT2D eigenvalue weighted by Crippen LogP contribution is -2.22. The van der Waals surface area contributed by atoms with Gasteiger partial charge in [0.15, 0.2) is 0 Å². The molecule has 1 fully saturated rings. The van der Waals surface area contributed by atoms with Crippen LogP contribution in [0.25, 0.3) is 11.4 Å². The number of amides is 1. The van der Waals surface area contributed by atoms with Crippen molar-refractivity contribution in [3.8, 4) is 0 Å². The fraction of sp³-hybridized carbons (Fsp3) is 0.333. The van der Waals surface area contributed by atoms with Crippen LogP contribution in [-0.4, -0.2) is 43.5 Å². The first-order chi connectivity index (χ1) is 9.69. The average molecular weight is 277 g/mol. The van der Waals surface area contributed by atoms with Gasteiger partial charge < -0.3 is 4.90 Å². The Kier molecular flexibility index (Phi) is 2.18. The summed E-state index contributed by atoms with van der Waals surface area (Å²) >= 11 is 0. The standard InChI is InChI=1S/C12H9F2N5O/c13-11(14)8-2-10(19-12(17-8)15-4-16-19)7-3-18(5-20)9-1-6(7)9/h2,4-5,9,11H,1,3H2. The summed E-state index contributed by atoms with van der Waals surface area (Å²) in [4.78, 5) is 20.3. The molecule has 1 aliphatic heterocycles.